The molecule has 168 valence electrons. The second-order valence-electron chi connectivity index (χ2n) is 8.25. The van der Waals surface area contributed by atoms with Crippen LogP contribution in [0.4, 0.5) is 20.0 Å². The van der Waals surface area contributed by atoms with Gasteiger partial charge in [0.15, 0.2) is 5.13 Å². The number of hydrogen-bond donors (Lipinski definition) is 2. The number of carbonyl (C=O) groups excluding carboxylic acids is 1. The molecule has 1 aromatic heterocycles. The van der Waals surface area contributed by atoms with Gasteiger partial charge in [0.1, 0.15) is 5.82 Å². The topological polar surface area (TPSA) is 82.5 Å². The highest BCUT2D eigenvalue weighted by atomic mass is 79.9. The second kappa shape index (κ2) is 10.3. The van der Waals surface area contributed by atoms with Crippen LogP contribution in [0, 0.1) is 17.2 Å². The number of halogens is 2. The molecule has 0 bridgehead atoms. The van der Waals surface area contributed by atoms with Crippen LogP contribution < -0.4 is 10.2 Å². The molecule has 1 heterocycles. The third-order valence-corrected chi connectivity index (χ3v) is 8.27. The predicted octanol–water partition coefficient (Wildman–Crippen LogP) is 6.48. The summed E-state index contributed by atoms with van der Waals surface area (Å²) in [4.78, 5) is 30.0. The van der Waals surface area contributed by atoms with Crippen molar-refractivity contribution < 1.29 is 19.1 Å². The van der Waals surface area contributed by atoms with Gasteiger partial charge in [-0.1, -0.05) is 40.1 Å². The number of benzene rings is 1. The van der Waals surface area contributed by atoms with Crippen LogP contribution in [0.1, 0.15) is 39.5 Å². The lowest BCUT2D eigenvalue weighted by molar-refractivity contribution is -0.145. The van der Waals surface area contributed by atoms with Gasteiger partial charge in [-0.05, 0) is 50.8 Å². The van der Waals surface area contributed by atoms with Gasteiger partial charge in [0.05, 0.1) is 21.5 Å². The van der Waals surface area contributed by atoms with Crippen LogP contribution in [-0.4, -0.2) is 34.4 Å². The second-order valence-corrected chi connectivity index (χ2v) is 11.5. The smallest absolute Gasteiger partial charge is 0.328 e. The van der Waals surface area contributed by atoms with Crippen molar-refractivity contribution in [3.63, 3.8) is 0 Å². The molecule has 1 fully saturated rings. The van der Waals surface area contributed by atoms with Crippen LogP contribution in [0.25, 0.3) is 0 Å². The van der Waals surface area contributed by atoms with Crippen molar-refractivity contribution in [3.8, 4) is 0 Å². The standard InChI is InChI=1S/C21H25BrFN3O3S2/c1-21(2,18(27)28)12-30-17-10-24-19(31-17)25-20(29)26(11-13-5-3-4-6-13)16-8-7-14(22)9-15(16)23/h7-10,13H,3-6,11-12H2,1-2H3,(H,27,28)(H,24,25,29). The molecule has 0 radical (unpaired) electrons. The number of carboxylic acid groups (broad SMARTS) is 1. The maximum Gasteiger partial charge on any atom is 0.328 e. The van der Waals surface area contributed by atoms with E-state index >= 15 is 0 Å². The molecule has 2 aromatic rings. The van der Waals surface area contributed by atoms with Gasteiger partial charge in [0, 0.05) is 16.8 Å². The van der Waals surface area contributed by atoms with Crippen LogP contribution in [0.3, 0.4) is 0 Å². The van der Waals surface area contributed by atoms with Crippen LogP contribution in [0.5, 0.6) is 0 Å². The number of hydrogen-bond acceptors (Lipinski definition) is 5. The van der Waals surface area contributed by atoms with Crippen molar-refractivity contribution >= 4 is 61.8 Å². The Labute approximate surface area is 197 Å². The molecular weight excluding hydrogens is 505 g/mol. The highest BCUT2D eigenvalue weighted by Crippen LogP contribution is 2.34. The Bertz CT molecular complexity index is 948. The first kappa shape index (κ1) is 24.0. The molecule has 0 unspecified atom stereocenters. The van der Waals surface area contributed by atoms with Gasteiger partial charge >= 0.3 is 12.0 Å². The maximum atomic E-state index is 14.6. The van der Waals surface area contributed by atoms with E-state index in [0.717, 1.165) is 29.9 Å². The zero-order chi connectivity index (χ0) is 22.6. The third kappa shape index (κ3) is 6.43. The quantitative estimate of drug-likeness (QED) is 0.382. The van der Waals surface area contributed by atoms with Crippen LogP contribution in [0.2, 0.25) is 0 Å². The number of nitrogens with one attached hydrogen (secondary N) is 1. The predicted molar refractivity (Wildman–Crippen MR) is 127 cm³/mol. The molecule has 31 heavy (non-hydrogen) atoms. The van der Waals surface area contributed by atoms with Crippen molar-refractivity contribution in [2.45, 2.75) is 43.7 Å². The summed E-state index contributed by atoms with van der Waals surface area (Å²) in [6.07, 6.45) is 5.93. The molecule has 1 aliphatic carbocycles. The van der Waals surface area contributed by atoms with Gasteiger partial charge < -0.3 is 5.11 Å². The first-order chi connectivity index (χ1) is 14.7. The van der Waals surface area contributed by atoms with Gasteiger partial charge in [-0.15, -0.1) is 11.8 Å². The molecule has 0 spiro atoms. The van der Waals surface area contributed by atoms with Crippen LogP contribution in [-0.2, 0) is 4.79 Å². The number of anilines is 2. The van der Waals surface area contributed by atoms with E-state index in [1.54, 1.807) is 32.2 Å². The van der Waals surface area contributed by atoms with Crippen molar-refractivity contribution in [1.82, 2.24) is 4.98 Å². The SMILES string of the molecule is CC(C)(CSc1cnc(NC(=O)N(CC2CCCC2)c2ccc(Br)cc2F)s1)C(=O)O. The number of urea groups is 1. The number of carbonyl (C=O) groups is 2. The van der Waals surface area contributed by atoms with Crippen LogP contribution in [0.15, 0.2) is 33.1 Å². The minimum absolute atomic E-state index is 0.238. The van der Waals surface area contributed by atoms with Crippen molar-refractivity contribution in [2.24, 2.45) is 11.3 Å². The highest BCUT2D eigenvalue weighted by Gasteiger charge is 2.28. The first-order valence-corrected chi connectivity index (χ1v) is 12.6. The number of aromatic nitrogens is 1. The maximum absolute atomic E-state index is 14.6. The van der Waals surface area contributed by atoms with E-state index in [9.17, 15) is 19.1 Å². The summed E-state index contributed by atoms with van der Waals surface area (Å²) in [5, 5.41) is 12.4. The molecule has 0 aliphatic heterocycles. The average molecular weight is 530 g/mol. The molecular formula is C21H25BrFN3O3S2. The van der Waals surface area contributed by atoms with E-state index in [2.05, 4.69) is 26.2 Å². The molecule has 3 rings (SSSR count). The normalized spacial score (nSPS) is 14.6. The van der Waals surface area contributed by atoms with Gasteiger partial charge in [-0.3, -0.25) is 15.0 Å². The minimum atomic E-state index is -0.866. The summed E-state index contributed by atoms with van der Waals surface area (Å²) in [5.74, 6) is -0.601. The number of thioether (sulfide) groups is 1. The monoisotopic (exact) mass is 529 g/mol. The summed E-state index contributed by atoms with van der Waals surface area (Å²) in [5.41, 5.74) is -0.628. The fraction of sp³-hybridized carbons (Fsp3) is 0.476. The summed E-state index contributed by atoms with van der Waals surface area (Å²) < 4.78 is 16.1. The molecule has 0 atom stereocenters. The minimum Gasteiger partial charge on any atom is -0.481 e. The molecule has 0 saturated heterocycles. The van der Waals surface area contributed by atoms with E-state index in [1.165, 1.54) is 34.1 Å². The zero-order valence-corrected chi connectivity index (χ0v) is 20.6. The van der Waals surface area contributed by atoms with Gasteiger partial charge in [0.2, 0.25) is 0 Å². The summed E-state index contributed by atoms with van der Waals surface area (Å²) in [7, 11) is 0. The number of thiazole rings is 1. The largest absolute Gasteiger partial charge is 0.481 e. The lowest BCUT2D eigenvalue weighted by Gasteiger charge is -2.26. The van der Waals surface area contributed by atoms with E-state index in [-0.39, 0.29) is 5.69 Å². The fourth-order valence-electron chi connectivity index (χ4n) is 3.30. The molecule has 2 amide bonds. The number of carboxylic acids is 1. The number of aliphatic carboxylic acids is 1. The average Bonchev–Trinajstić information content (AvgIpc) is 3.37. The van der Waals surface area contributed by atoms with Crippen molar-refractivity contribution in [2.75, 3.05) is 22.5 Å². The van der Waals surface area contributed by atoms with Gasteiger partial charge in [0.25, 0.3) is 0 Å². The Balaban J connectivity index is 1.71. The van der Waals surface area contributed by atoms with Crippen LogP contribution >= 0.6 is 39.0 Å². The summed E-state index contributed by atoms with van der Waals surface area (Å²) in [6.45, 7) is 3.78. The van der Waals surface area contributed by atoms with Crippen molar-refractivity contribution in [3.05, 3.63) is 34.7 Å². The van der Waals surface area contributed by atoms with Crippen molar-refractivity contribution in [1.29, 1.82) is 0 Å². The summed E-state index contributed by atoms with van der Waals surface area (Å²) >= 11 is 5.92. The zero-order valence-electron chi connectivity index (χ0n) is 17.4. The fourth-order valence-corrected chi connectivity index (χ4v) is 5.57. The highest BCUT2D eigenvalue weighted by molar-refractivity contribution is 9.10. The Hall–Kier alpha value is -1.65. The molecule has 1 saturated carbocycles. The lowest BCUT2D eigenvalue weighted by Crippen LogP contribution is -2.38. The number of rotatable bonds is 8. The summed E-state index contributed by atoms with van der Waals surface area (Å²) in [6, 6.07) is 4.25. The Morgan fingerprint density at radius 2 is 2.10 bits per heavy atom. The van der Waals surface area contributed by atoms with E-state index < -0.39 is 23.2 Å². The lowest BCUT2D eigenvalue weighted by atomic mass is 9.97. The Morgan fingerprint density at radius 1 is 1.39 bits per heavy atom. The first-order valence-electron chi connectivity index (χ1n) is 10.0. The van der Waals surface area contributed by atoms with Gasteiger partial charge in [-0.2, -0.15) is 0 Å². The van der Waals surface area contributed by atoms with E-state index in [4.69, 9.17) is 0 Å². The molecule has 10 heteroatoms. The van der Waals surface area contributed by atoms with Gasteiger partial charge in [-0.25, -0.2) is 14.2 Å². The third-order valence-electron chi connectivity index (χ3n) is 5.21. The Kier molecular flexibility index (Phi) is 7.98. The molecule has 6 nitrogen and oxygen atoms in total. The number of nitrogens with zero attached hydrogens (tertiary/aromatic N) is 2. The Morgan fingerprint density at radius 3 is 2.74 bits per heavy atom. The molecule has 2 N–H and O–H groups in total. The molecule has 1 aliphatic rings. The number of amides is 2. The van der Waals surface area contributed by atoms with E-state index in [0.29, 0.717) is 27.8 Å². The molecule has 1 aromatic carbocycles. The van der Waals surface area contributed by atoms with E-state index in [1.807, 2.05) is 0 Å².